The molecular weight excluding hydrogens is 198 g/mol. The first-order valence-electron chi connectivity index (χ1n) is 4.69. The van der Waals surface area contributed by atoms with Crippen LogP contribution >= 0.6 is 11.6 Å². The van der Waals surface area contributed by atoms with Crippen LogP contribution in [-0.4, -0.2) is 12.3 Å². The minimum Gasteiger partial charge on any atom is -0.330 e. The van der Waals surface area contributed by atoms with Crippen LogP contribution in [0, 0.1) is 5.92 Å². The Morgan fingerprint density at radius 2 is 2.14 bits per heavy atom. The summed E-state index contributed by atoms with van der Waals surface area (Å²) < 4.78 is 0. The van der Waals surface area contributed by atoms with Gasteiger partial charge in [-0.1, -0.05) is 30.7 Å². The quantitative estimate of drug-likeness (QED) is 0.778. The number of nitrogens with two attached hydrogens (primary N) is 1. The number of carbonyl (C=O) groups is 1. The number of halogens is 1. The van der Waals surface area contributed by atoms with E-state index in [0.717, 1.165) is 6.42 Å². The second kappa shape index (κ2) is 5.13. The van der Waals surface area contributed by atoms with Gasteiger partial charge in [-0.05, 0) is 18.6 Å². The molecule has 1 atom stereocenters. The van der Waals surface area contributed by atoms with E-state index in [-0.39, 0.29) is 11.7 Å². The van der Waals surface area contributed by atoms with Crippen molar-refractivity contribution >= 4 is 17.4 Å². The molecule has 2 nitrogen and oxygen atoms in total. The Morgan fingerprint density at radius 1 is 1.50 bits per heavy atom. The largest absolute Gasteiger partial charge is 0.330 e. The maximum atomic E-state index is 11.9. The minimum atomic E-state index is -0.116. The number of benzene rings is 1. The Hall–Kier alpha value is -0.860. The predicted octanol–water partition coefficient (Wildman–Crippen LogP) is 2.51. The van der Waals surface area contributed by atoms with Gasteiger partial charge >= 0.3 is 0 Å². The van der Waals surface area contributed by atoms with Crippen molar-refractivity contribution < 1.29 is 4.79 Å². The number of rotatable bonds is 4. The Balaban J connectivity index is 2.94. The highest BCUT2D eigenvalue weighted by atomic mass is 35.5. The minimum absolute atomic E-state index is 0.0422. The van der Waals surface area contributed by atoms with Crippen molar-refractivity contribution in [1.29, 1.82) is 0 Å². The summed E-state index contributed by atoms with van der Waals surface area (Å²) in [5.74, 6) is -0.0736. The molecule has 3 heteroatoms. The Kier molecular flexibility index (Phi) is 4.11. The Morgan fingerprint density at radius 3 is 2.64 bits per heavy atom. The molecule has 2 N–H and O–H groups in total. The van der Waals surface area contributed by atoms with Crippen LogP contribution < -0.4 is 5.73 Å². The monoisotopic (exact) mass is 211 g/mol. The summed E-state index contributed by atoms with van der Waals surface area (Å²) in [5.41, 5.74) is 6.08. The third-order valence-corrected chi connectivity index (χ3v) is 2.62. The van der Waals surface area contributed by atoms with Gasteiger partial charge in [0, 0.05) is 18.0 Å². The lowest BCUT2D eigenvalue weighted by molar-refractivity contribution is 0.0921. The summed E-state index contributed by atoms with van der Waals surface area (Å²) in [6.45, 7) is 2.33. The van der Waals surface area contributed by atoms with Crippen LogP contribution in [0.3, 0.4) is 0 Å². The van der Waals surface area contributed by atoms with Crippen molar-refractivity contribution in [2.24, 2.45) is 11.7 Å². The summed E-state index contributed by atoms with van der Waals surface area (Å²) in [5, 5.41) is 0.504. The lowest BCUT2D eigenvalue weighted by Crippen LogP contribution is -2.23. The maximum absolute atomic E-state index is 11.9. The Bertz CT molecular complexity index is 321. The van der Waals surface area contributed by atoms with Gasteiger partial charge in [0.15, 0.2) is 5.78 Å². The fourth-order valence-corrected chi connectivity index (χ4v) is 1.57. The summed E-state index contributed by atoms with van der Waals surface area (Å²) in [6, 6.07) is 7.08. The molecule has 1 unspecified atom stereocenters. The van der Waals surface area contributed by atoms with E-state index in [9.17, 15) is 4.79 Å². The third-order valence-electron chi connectivity index (χ3n) is 2.29. The highest BCUT2D eigenvalue weighted by Crippen LogP contribution is 2.19. The number of Topliss-reactive ketones (excluding diaryl/α,β-unsaturated/α-hetero) is 1. The molecule has 0 saturated heterocycles. The molecule has 0 amide bonds. The van der Waals surface area contributed by atoms with Gasteiger partial charge in [0.25, 0.3) is 0 Å². The van der Waals surface area contributed by atoms with Crippen LogP contribution in [-0.2, 0) is 0 Å². The zero-order valence-corrected chi connectivity index (χ0v) is 8.92. The van der Waals surface area contributed by atoms with Gasteiger partial charge in [-0.2, -0.15) is 0 Å². The van der Waals surface area contributed by atoms with E-state index in [1.807, 2.05) is 19.1 Å². The average Bonchev–Trinajstić information content (AvgIpc) is 2.20. The number of carbonyl (C=O) groups excluding carboxylic acids is 1. The van der Waals surface area contributed by atoms with Crippen LogP contribution in [0.4, 0.5) is 0 Å². The van der Waals surface area contributed by atoms with E-state index in [4.69, 9.17) is 17.3 Å². The fraction of sp³-hybridized carbons (Fsp3) is 0.364. The van der Waals surface area contributed by atoms with Crippen LogP contribution in [0.5, 0.6) is 0 Å². The van der Waals surface area contributed by atoms with Crippen molar-refractivity contribution in [3.63, 3.8) is 0 Å². The van der Waals surface area contributed by atoms with E-state index in [1.165, 1.54) is 0 Å². The van der Waals surface area contributed by atoms with Gasteiger partial charge < -0.3 is 5.73 Å². The number of ketones is 1. The summed E-state index contributed by atoms with van der Waals surface area (Å²) in [4.78, 5) is 11.9. The molecule has 1 aromatic rings. The molecule has 0 aliphatic rings. The normalized spacial score (nSPS) is 12.5. The second-order valence-electron chi connectivity index (χ2n) is 3.18. The lowest BCUT2D eigenvalue weighted by atomic mass is 9.95. The summed E-state index contributed by atoms with van der Waals surface area (Å²) in [6.07, 6.45) is 0.751. The van der Waals surface area contributed by atoms with E-state index >= 15 is 0 Å². The number of hydrogen-bond acceptors (Lipinski definition) is 2. The Labute approximate surface area is 89.1 Å². The summed E-state index contributed by atoms with van der Waals surface area (Å²) in [7, 11) is 0. The molecule has 0 spiro atoms. The van der Waals surface area contributed by atoms with Crippen LogP contribution in [0.1, 0.15) is 23.7 Å². The molecule has 0 bridgehead atoms. The molecule has 0 radical (unpaired) electrons. The van der Waals surface area contributed by atoms with Crippen molar-refractivity contribution in [2.45, 2.75) is 13.3 Å². The molecule has 1 rings (SSSR count). The molecular formula is C11H14ClNO. The smallest absolute Gasteiger partial charge is 0.168 e. The van der Waals surface area contributed by atoms with Gasteiger partial charge in [0.05, 0.1) is 5.02 Å². The molecule has 0 fully saturated rings. The van der Waals surface area contributed by atoms with E-state index < -0.39 is 0 Å². The van der Waals surface area contributed by atoms with Gasteiger partial charge in [0.1, 0.15) is 0 Å². The van der Waals surface area contributed by atoms with Gasteiger partial charge in [-0.25, -0.2) is 0 Å². The first kappa shape index (κ1) is 11.2. The molecule has 14 heavy (non-hydrogen) atoms. The van der Waals surface area contributed by atoms with Crippen molar-refractivity contribution in [1.82, 2.24) is 0 Å². The van der Waals surface area contributed by atoms with Crippen molar-refractivity contribution in [3.8, 4) is 0 Å². The third kappa shape index (κ3) is 2.34. The highest BCUT2D eigenvalue weighted by Gasteiger charge is 2.18. The first-order valence-corrected chi connectivity index (χ1v) is 5.07. The number of hydrogen-bond donors (Lipinski definition) is 1. The van der Waals surface area contributed by atoms with Gasteiger partial charge in [-0.3, -0.25) is 4.79 Å². The SMILES string of the molecule is CCC(CN)C(=O)c1ccccc1Cl. The summed E-state index contributed by atoms with van der Waals surface area (Å²) >= 11 is 5.92. The van der Waals surface area contributed by atoms with E-state index in [1.54, 1.807) is 12.1 Å². The van der Waals surface area contributed by atoms with E-state index in [2.05, 4.69) is 0 Å². The van der Waals surface area contributed by atoms with Crippen LogP contribution in [0.15, 0.2) is 24.3 Å². The topological polar surface area (TPSA) is 43.1 Å². The molecule has 1 aromatic carbocycles. The lowest BCUT2D eigenvalue weighted by Gasteiger charge is -2.11. The standard InChI is InChI=1S/C11H14ClNO/c1-2-8(7-13)11(14)9-5-3-4-6-10(9)12/h3-6,8H,2,7,13H2,1H3. The van der Waals surface area contributed by atoms with Crippen molar-refractivity contribution in [2.75, 3.05) is 6.54 Å². The molecule has 0 aromatic heterocycles. The molecule has 0 saturated carbocycles. The van der Waals surface area contributed by atoms with Gasteiger partial charge in [0.2, 0.25) is 0 Å². The zero-order chi connectivity index (χ0) is 10.6. The highest BCUT2D eigenvalue weighted by molar-refractivity contribution is 6.34. The van der Waals surface area contributed by atoms with E-state index in [0.29, 0.717) is 17.1 Å². The maximum Gasteiger partial charge on any atom is 0.168 e. The van der Waals surface area contributed by atoms with Gasteiger partial charge in [-0.15, -0.1) is 0 Å². The first-order chi connectivity index (χ1) is 6.70. The second-order valence-corrected chi connectivity index (χ2v) is 3.59. The van der Waals surface area contributed by atoms with Crippen LogP contribution in [0.2, 0.25) is 5.02 Å². The van der Waals surface area contributed by atoms with Crippen LogP contribution in [0.25, 0.3) is 0 Å². The van der Waals surface area contributed by atoms with Crippen molar-refractivity contribution in [3.05, 3.63) is 34.9 Å². The average molecular weight is 212 g/mol. The predicted molar refractivity (Wildman–Crippen MR) is 58.6 cm³/mol. The molecule has 76 valence electrons. The fourth-order valence-electron chi connectivity index (χ4n) is 1.34. The molecule has 0 aliphatic heterocycles. The zero-order valence-electron chi connectivity index (χ0n) is 8.16. The molecule has 0 aliphatic carbocycles. The molecule has 0 heterocycles.